The molecule has 1 heterocycles. The van der Waals surface area contributed by atoms with Crippen molar-refractivity contribution in [1.29, 1.82) is 0 Å². The van der Waals surface area contributed by atoms with E-state index in [2.05, 4.69) is 17.1 Å². The second-order valence-corrected chi connectivity index (χ2v) is 7.66. The first-order valence-corrected chi connectivity index (χ1v) is 9.25. The Hall–Kier alpha value is -1.00. The largest absolute Gasteiger partial charge is 0.355 e. The molecule has 22 heavy (non-hydrogen) atoms. The Kier molecular flexibility index (Phi) is 7.26. The number of nitrogens with zero attached hydrogens (tertiary/aromatic N) is 1. The van der Waals surface area contributed by atoms with Crippen LogP contribution in [0.1, 0.15) is 33.1 Å². The summed E-state index contributed by atoms with van der Waals surface area (Å²) < 4.78 is 0. The van der Waals surface area contributed by atoms with E-state index in [9.17, 15) is 4.79 Å². The number of piperidine rings is 1. The zero-order valence-electron chi connectivity index (χ0n) is 13.8. The SMILES string of the molecule is CC1CCN(CCCNC(=O)C(C)Sc2ccccc2)CC1. The Bertz CT molecular complexity index is 444. The number of thioether (sulfide) groups is 1. The predicted octanol–water partition coefficient (Wildman–Crippen LogP) is 3.41. The van der Waals surface area contributed by atoms with Gasteiger partial charge in [-0.05, 0) is 63.9 Å². The molecule has 0 radical (unpaired) electrons. The minimum absolute atomic E-state index is 0.0433. The van der Waals surface area contributed by atoms with E-state index in [0.717, 1.165) is 30.3 Å². The molecule has 4 heteroatoms. The molecule has 1 aromatic rings. The summed E-state index contributed by atoms with van der Waals surface area (Å²) in [5, 5.41) is 3.02. The molecule has 0 saturated carbocycles. The van der Waals surface area contributed by atoms with Crippen LogP contribution in [0.4, 0.5) is 0 Å². The molecule has 1 unspecified atom stereocenters. The molecule has 1 atom stereocenters. The number of rotatable bonds is 7. The van der Waals surface area contributed by atoms with Gasteiger partial charge in [0.1, 0.15) is 0 Å². The molecule has 1 amide bonds. The van der Waals surface area contributed by atoms with Crippen LogP contribution < -0.4 is 5.32 Å². The van der Waals surface area contributed by atoms with Crippen molar-refractivity contribution in [2.75, 3.05) is 26.2 Å². The first kappa shape index (κ1) is 17.4. The summed E-state index contributed by atoms with van der Waals surface area (Å²) in [6.45, 7) is 8.63. The number of benzene rings is 1. The van der Waals surface area contributed by atoms with Gasteiger partial charge in [0, 0.05) is 11.4 Å². The summed E-state index contributed by atoms with van der Waals surface area (Å²) in [4.78, 5) is 15.8. The predicted molar refractivity (Wildman–Crippen MR) is 94.2 cm³/mol. The summed E-state index contributed by atoms with van der Waals surface area (Å²) >= 11 is 1.62. The van der Waals surface area contributed by atoms with Crippen LogP contribution >= 0.6 is 11.8 Å². The van der Waals surface area contributed by atoms with Crippen LogP contribution in [-0.2, 0) is 4.79 Å². The lowest BCUT2D eigenvalue weighted by Crippen LogP contribution is -2.36. The van der Waals surface area contributed by atoms with Crippen molar-refractivity contribution in [2.24, 2.45) is 5.92 Å². The molecule has 122 valence electrons. The highest BCUT2D eigenvalue weighted by Gasteiger charge is 2.16. The average Bonchev–Trinajstić information content (AvgIpc) is 2.54. The van der Waals surface area contributed by atoms with Gasteiger partial charge in [-0.2, -0.15) is 0 Å². The molecule has 1 N–H and O–H groups in total. The summed E-state index contributed by atoms with van der Waals surface area (Å²) in [6, 6.07) is 10.1. The van der Waals surface area contributed by atoms with E-state index in [0.29, 0.717) is 0 Å². The Balaban J connectivity index is 1.59. The van der Waals surface area contributed by atoms with E-state index >= 15 is 0 Å². The quantitative estimate of drug-likeness (QED) is 0.617. The van der Waals surface area contributed by atoms with E-state index in [-0.39, 0.29) is 11.2 Å². The first-order valence-electron chi connectivity index (χ1n) is 8.37. The number of likely N-dealkylation sites (tertiary alicyclic amines) is 1. The van der Waals surface area contributed by atoms with Crippen LogP contribution in [0, 0.1) is 5.92 Å². The second-order valence-electron chi connectivity index (χ2n) is 6.24. The summed E-state index contributed by atoms with van der Waals surface area (Å²) in [5.74, 6) is 1.02. The van der Waals surface area contributed by atoms with Gasteiger partial charge in [0.25, 0.3) is 0 Å². The van der Waals surface area contributed by atoms with Crippen LogP contribution in [0.25, 0.3) is 0 Å². The second kappa shape index (κ2) is 9.21. The van der Waals surface area contributed by atoms with E-state index in [4.69, 9.17) is 0 Å². The fourth-order valence-electron chi connectivity index (χ4n) is 2.70. The van der Waals surface area contributed by atoms with Gasteiger partial charge in [0.2, 0.25) is 5.91 Å². The third-order valence-electron chi connectivity index (χ3n) is 4.25. The van der Waals surface area contributed by atoms with E-state index in [1.165, 1.54) is 25.9 Å². The molecule has 1 fully saturated rings. The van der Waals surface area contributed by atoms with Crippen molar-refractivity contribution in [1.82, 2.24) is 10.2 Å². The number of carbonyl (C=O) groups is 1. The molecule has 0 aromatic heterocycles. The van der Waals surface area contributed by atoms with Crippen molar-refractivity contribution >= 4 is 17.7 Å². The Morgan fingerprint density at radius 2 is 2.00 bits per heavy atom. The van der Waals surface area contributed by atoms with Crippen LogP contribution in [0.2, 0.25) is 0 Å². The molecule has 0 aliphatic carbocycles. The minimum atomic E-state index is -0.0433. The molecule has 2 rings (SSSR count). The molecule has 1 aliphatic rings. The number of amides is 1. The van der Waals surface area contributed by atoms with E-state index in [1.807, 2.05) is 37.3 Å². The topological polar surface area (TPSA) is 32.3 Å². The molecule has 1 aromatic carbocycles. The lowest BCUT2D eigenvalue weighted by Gasteiger charge is -2.30. The normalized spacial score (nSPS) is 18.1. The highest BCUT2D eigenvalue weighted by atomic mass is 32.2. The molecule has 0 bridgehead atoms. The molecule has 1 saturated heterocycles. The van der Waals surface area contributed by atoms with Crippen LogP contribution in [0.5, 0.6) is 0 Å². The van der Waals surface area contributed by atoms with Gasteiger partial charge in [0.05, 0.1) is 5.25 Å². The smallest absolute Gasteiger partial charge is 0.233 e. The van der Waals surface area contributed by atoms with Crippen LogP contribution in [-0.4, -0.2) is 42.2 Å². The minimum Gasteiger partial charge on any atom is -0.355 e. The molecular weight excluding hydrogens is 292 g/mol. The zero-order chi connectivity index (χ0) is 15.8. The van der Waals surface area contributed by atoms with Gasteiger partial charge in [-0.1, -0.05) is 25.1 Å². The number of hydrogen-bond donors (Lipinski definition) is 1. The maximum absolute atomic E-state index is 12.1. The van der Waals surface area contributed by atoms with Gasteiger partial charge < -0.3 is 10.2 Å². The van der Waals surface area contributed by atoms with Gasteiger partial charge >= 0.3 is 0 Å². The molecule has 1 aliphatic heterocycles. The van der Waals surface area contributed by atoms with E-state index in [1.54, 1.807) is 11.8 Å². The molecule has 0 spiro atoms. The van der Waals surface area contributed by atoms with Crippen LogP contribution in [0.15, 0.2) is 35.2 Å². The zero-order valence-corrected chi connectivity index (χ0v) is 14.6. The lowest BCUT2D eigenvalue weighted by molar-refractivity contribution is -0.120. The van der Waals surface area contributed by atoms with E-state index < -0.39 is 0 Å². The van der Waals surface area contributed by atoms with Crippen molar-refractivity contribution in [3.05, 3.63) is 30.3 Å². The van der Waals surface area contributed by atoms with Crippen molar-refractivity contribution in [3.8, 4) is 0 Å². The Labute approximate surface area is 138 Å². The first-order chi connectivity index (χ1) is 10.6. The molecule has 3 nitrogen and oxygen atoms in total. The van der Waals surface area contributed by atoms with Crippen molar-refractivity contribution < 1.29 is 4.79 Å². The van der Waals surface area contributed by atoms with Gasteiger partial charge in [-0.25, -0.2) is 0 Å². The maximum Gasteiger partial charge on any atom is 0.233 e. The van der Waals surface area contributed by atoms with Gasteiger partial charge in [-0.3, -0.25) is 4.79 Å². The lowest BCUT2D eigenvalue weighted by atomic mass is 9.99. The summed E-state index contributed by atoms with van der Waals surface area (Å²) in [7, 11) is 0. The monoisotopic (exact) mass is 320 g/mol. The Morgan fingerprint density at radius 3 is 2.68 bits per heavy atom. The third-order valence-corrected chi connectivity index (χ3v) is 5.36. The summed E-state index contributed by atoms with van der Waals surface area (Å²) in [6.07, 6.45) is 3.68. The summed E-state index contributed by atoms with van der Waals surface area (Å²) in [5.41, 5.74) is 0. The average molecular weight is 321 g/mol. The number of nitrogens with one attached hydrogen (secondary N) is 1. The van der Waals surface area contributed by atoms with Gasteiger partial charge in [-0.15, -0.1) is 11.8 Å². The number of hydrogen-bond acceptors (Lipinski definition) is 3. The fourth-order valence-corrected chi connectivity index (χ4v) is 3.61. The molecular formula is C18H28N2OS. The maximum atomic E-state index is 12.1. The Morgan fingerprint density at radius 1 is 1.32 bits per heavy atom. The standard InChI is InChI=1S/C18H28N2OS/c1-15-9-13-20(14-10-15)12-6-11-19-18(21)16(2)22-17-7-4-3-5-8-17/h3-5,7-8,15-16H,6,9-14H2,1-2H3,(H,19,21). The third kappa shape index (κ3) is 6.01. The van der Waals surface area contributed by atoms with Crippen LogP contribution in [0.3, 0.4) is 0 Å². The van der Waals surface area contributed by atoms with Crippen molar-refractivity contribution in [3.63, 3.8) is 0 Å². The highest BCUT2D eigenvalue weighted by molar-refractivity contribution is 8.00. The fraction of sp³-hybridized carbons (Fsp3) is 0.611. The van der Waals surface area contributed by atoms with Gasteiger partial charge in [0.15, 0.2) is 0 Å². The highest BCUT2D eigenvalue weighted by Crippen LogP contribution is 2.22. The number of carbonyl (C=O) groups excluding carboxylic acids is 1. The van der Waals surface area contributed by atoms with Crippen molar-refractivity contribution in [2.45, 2.75) is 43.3 Å².